The van der Waals surface area contributed by atoms with Crippen LogP contribution in [0.1, 0.15) is 36.5 Å². The molecular formula is C26H34N6. The molecule has 0 bridgehead atoms. The lowest BCUT2D eigenvalue weighted by atomic mass is 10.1. The van der Waals surface area contributed by atoms with E-state index < -0.39 is 0 Å². The van der Waals surface area contributed by atoms with Crippen molar-refractivity contribution < 1.29 is 0 Å². The predicted octanol–water partition coefficient (Wildman–Crippen LogP) is 5.09. The summed E-state index contributed by atoms with van der Waals surface area (Å²) in [5.74, 6) is 1.47. The standard InChI is InChI=1S/C26H34N6/c1-4-5-8-21-10-12-22(13-11-21)30-25-24(27)26(29-18-28-25)32-16-14-31(15-17-32)23-9-6-7-19(2)20(23)3/h6-7,9-13,18H,4-5,8,14-17,27H2,1-3H3,(H,28,29,30). The summed E-state index contributed by atoms with van der Waals surface area (Å²) in [6, 6.07) is 15.0. The Morgan fingerprint density at radius 1 is 0.938 bits per heavy atom. The number of piperazine rings is 1. The van der Waals surface area contributed by atoms with Gasteiger partial charge in [-0.2, -0.15) is 0 Å². The predicted molar refractivity (Wildman–Crippen MR) is 135 cm³/mol. The highest BCUT2D eigenvalue weighted by Crippen LogP contribution is 2.30. The summed E-state index contributed by atoms with van der Waals surface area (Å²) in [6.07, 6.45) is 5.14. The third-order valence-electron chi connectivity index (χ3n) is 6.39. The van der Waals surface area contributed by atoms with Crippen LogP contribution in [0.15, 0.2) is 48.8 Å². The van der Waals surface area contributed by atoms with Crippen LogP contribution >= 0.6 is 0 Å². The molecule has 6 heteroatoms. The van der Waals surface area contributed by atoms with Gasteiger partial charge in [0.25, 0.3) is 0 Å². The molecule has 1 aliphatic heterocycles. The van der Waals surface area contributed by atoms with Crippen LogP contribution in [0.4, 0.5) is 28.7 Å². The molecule has 168 valence electrons. The maximum absolute atomic E-state index is 6.50. The zero-order valence-electron chi connectivity index (χ0n) is 19.4. The van der Waals surface area contributed by atoms with Crippen molar-refractivity contribution in [2.45, 2.75) is 40.0 Å². The normalized spacial score (nSPS) is 14.0. The second-order valence-corrected chi connectivity index (χ2v) is 8.58. The van der Waals surface area contributed by atoms with Crippen LogP contribution < -0.4 is 20.9 Å². The molecule has 3 aromatic rings. The number of rotatable bonds is 7. The molecule has 0 atom stereocenters. The van der Waals surface area contributed by atoms with Crippen molar-refractivity contribution in [2.75, 3.05) is 47.0 Å². The van der Waals surface area contributed by atoms with Gasteiger partial charge in [0.2, 0.25) is 0 Å². The number of anilines is 5. The number of hydrogen-bond acceptors (Lipinski definition) is 6. The quantitative estimate of drug-likeness (QED) is 0.544. The van der Waals surface area contributed by atoms with Crippen molar-refractivity contribution in [3.8, 4) is 0 Å². The lowest BCUT2D eigenvalue weighted by Crippen LogP contribution is -2.47. The van der Waals surface area contributed by atoms with Gasteiger partial charge in [0.05, 0.1) is 0 Å². The molecule has 2 aromatic carbocycles. The van der Waals surface area contributed by atoms with Gasteiger partial charge in [0, 0.05) is 37.6 Å². The van der Waals surface area contributed by atoms with Gasteiger partial charge in [0.15, 0.2) is 11.6 Å². The molecule has 0 aliphatic carbocycles. The Kier molecular flexibility index (Phi) is 6.78. The molecule has 1 aliphatic rings. The first-order valence-corrected chi connectivity index (χ1v) is 11.6. The third kappa shape index (κ3) is 4.79. The maximum atomic E-state index is 6.50. The fraction of sp³-hybridized carbons (Fsp3) is 0.385. The number of nitrogen functional groups attached to an aromatic ring is 1. The van der Waals surface area contributed by atoms with E-state index in [4.69, 9.17) is 5.73 Å². The zero-order chi connectivity index (χ0) is 22.5. The van der Waals surface area contributed by atoms with Gasteiger partial charge in [-0.3, -0.25) is 0 Å². The number of nitrogens with zero attached hydrogens (tertiary/aromatic N) is 4. The van der Waals surface area contributed by atoms with Crippen molar-refractivity contribution in [3.05, 3.63) is 65.5 Å². The molecule has 2 heterocycles. The maximum Gasteiger partial charge on any atom is 0.159 e. The van der Waals surface area contributed by atoms with Crippen molar-refractivity contribution in [1.29, 1.82) is 0 Å². The van der Waals surface area contributed by atoms with E-state index in [1.54, 1.807) is 6.33 Å². The van der Waals surface area contributed by atoms with Crippen molar-refractivity contribution in [2.24, 2.45) is 0 Å². The summed E-state index contributed by atoms with van der Waals surface area (Å²) in [6.45, 7) is 10.2. The summed E-state index contributed by atoms with van der Waals surface area (Å²) in [5, 5.41) is 3.37. The van der Waals surface area contributed by atoms with Gasteiger partial charge in [-0.1, -0.05) is 37.6 Å². The fourth-order valence-corrected chi connectivity index (χ4v) is 4.25. The number of nitrogens with two attached hydrogens (primary N) is 1. The number of hydrogen-bond donors (Lipinski definition) is 2. The Hall–Kier alpha value is -3.28. The van der Waals surface area contributed by atoms with Crippen molar-refractivity contribution in [3.63, 3.8) is 0 Å². The highest BCUT2D eigenvalue weighted by Gasteiger charge is 2.22. The second kappa shape index (κ2) is 9.90. The molecule has 3 N–H and O–H groups in total. The van der Waals surface area contributed by atoms with Crippen molar-refractivity contribution >= 4 is 28.7 Å². The highest BCUT2D eigenvalue weighted by atomic mass is 15.3. The lowest BCUT2D eigenvalue weighted by molar-refractivity contribution is 0.646. The smallest absolute Gasteiger partial charge is 0.159 e. The fourth-order valence-electron chi connectivity index (χ4n) is 4.25. The highest BCUT2D eigenvalue weighted by molar-refractivity contribution is 5.78. The summed E-state index contributed by atoms with van der Waals surface area (Å²) in [4.78, 5) is 13.6. The Morgan fingerprint density at radius 2 is 1.66 bits per heavy atom. The Labute approximate surface area is 191 Å². The van der Waals surface area contributed by atoms with E-state index >= 15 is 0 Å². The third-order valence-corrected chi connectivity index (χ3v) is 6.39. The average molecular weight is 431 g/mol. The van der Waals surface area contributed by atoms with Gasteiger partial charge in [-0.15, -0.1) is 0 Å². The van der Waals surface area contributed by atoms with E-state index in [9.17, 15) is 0 Å². The van der Waals surface area contributed by atoms with Crippen LogP contribution in [0.2, 0.25) is 0 Å². The summed E-state index contributed by atoms with van der Waals surface area (Å²) in [5.41, 5.74) is 13.5. The molecule has 1 aromatic heterocycles. The Balaban J connectivity index is 1.43. The Bertz CT molecular complexity index is 1040. The summed E-state index contributed by atoms with van der Waals surface area (Å²) in [7, 11) is 0. The van der Waals surface area contributed by atoms with Crippen LogP contribution in [-0.2, 0) is 6.42 Å². The van der Waals surface area contributed by atoms with Gasteiger partial charge in [0.1, 0.15) is 12.0 Å². The number of aromatic nitrogens is 2. The van der Waals surface area contributed by atoms with Crippen LogP contribution in [0.5, 0.6) is 0 Å². The average Bonchev–Trinajstić information content (AvgIpc) is 2.82. The van der Waals surface area contributed by atoms with E-state index in [-0.39, 0.29) is 0 Å². The summed E-state index contributed by atoms with van der Waals surface area (Å²) < 4.78 is 0. The first kappa shape index (κ1) is 21.9. The number of aryl methyl sites for hydroxylation is 2. The van der Waals surface area contributed by atoms with E-state index in [1.165, 1.54) is 35.2 Å². The summed E-state index contributed by atoms with van der Waals surface area (Å²) >= 11 is 0. The molecule has 0 unspecified atom stereocenters. The van der Waals surface area contributed by atoms with Gasteiger partial charge >= 0.3 is 0 Å². The van der Waals surface area contributed by atoms with Crippen molar-refractivity contribution in [1.82, 2.24) is 9.97 Å². The van der Waals surface area contributed by atoms with E-state index in [1.807, 2.05) is 0 Å². The first-order chi connectivity index (χ1) is 15.6. The molecule has 0 saturated carbocycles. The van der Waals surface area contributed by atoms with Crippen LogP contribution in [0.3, 0.4) is 0 Å². The molecule has 6 nitrogen and oxygen atoms in total. The van der Waals surface area contributed by atoms with Gasteiger partial charge in [-0.05, 0) is 61.6 Å². The van der Waals surface area contributed by atoms with Crippen LogP contribution in [0.25, 0.3) is 0 Å². The van der Waals surface area contributed by atoms with Crippen LogP contribution in [-0.4, -0.2) is 36.1 Å². The second-order valence-electron chi connectivity index (χ2n) is 8.58. The Morgan fingerprint density at radius 3 is 2.38 bits per heavy atom. The largest absolute Gasteiger partial charge is 0.393 e. The SMILES string of the molecule is CCCCc1ccc(Nc2ncnc(N3CCN(c4cccc(C)c4C)CC3)c2N)cc1. The molecule has 0 amide bonds. The molecule has 0 radical (unpaired) electrons. The number of unbranched alkanes of at least 4 members (excludes halogenated alkanes) is 1. The minimum Gasteiger partial charge on any atom is -0.393 e. The van der Waals surface area contributed by atoms with E-state index in [0.717, 1.165) is 44.1 Å². The lowest BCUT2D eigenvalue weighted by Gasteiger charge is -2.38. The molecule has 4 rings (SSSR count). The molecule has 1 saturated heterocycles. The number of nitrogens with one attached hydrogen (secondary N) is 1. The molecule has 1 fully saturated rings. The molecular weight excluding hydrogens is 396 g/mol. The number of benzene rings is 2. The van der Waals surface area contributed by atoms with Gasteiger partial charge in [-0.25, -0.2) is 9.97 Å². The van der Waals surface area contributed by atoms with E-state index in [0.29, 0.717) is 11.5 Å². The van der Waals surface area contributed by atoms with E-state index in [2.05, 4.69) is 88.3 Å². The van der Waals surface area contributed by atoms with Crippen LogP contribution in [0, 0.1) is 13.8 Å². The monoisotopic (exact) mass is 430 g/mol. The van der Waals surface area contributed by atoms with Gasteiger partial charge < -0.3 is 20.9 Å². The minimum absolute atomic E-state index is 0.600. The molecule has 32 heavy (non-hydrogen) atoms. The minimum atomic E-state index is 0.600. The first-order valence-electron chi connectivity index (χ1n) is 11.6. The topological polar surface area (TPSA) is 70.3 Å². The molecule has 0 spiro atoms. The zero-order valence-corrected chi connectivity index (χ0v) is 19.4.